The van der Waals surface area contributed by atoms with E-state index >= 15 is 0 Å². The molecular formula is C18H17ClN6O2. The molecule has 9 heteroatoms. The Kier molecular flexibility index (Phi) is 3.76. The second kappa shape index (κ2) is 6.17. The number of ether oxygens (including phenoxy) is 2. The molecule has 3 aromatic rings. The van der Waals surface area contributed by atoms with Crippen molar-refractivity contribution in [2.45, 2.75) is 26.2 Å². The molecule has 0 N–H and O–H groups in total. The number of aliphatic imine (C=N–C) groups is 1. The predicted molar refractivity (Wildman–Crippen MR) is 99.4 cm³/mol. The zero-order valence-electron chi connectivity index (χ0n) is 14.9. The SMILES string of the molecule is COCc1nnc2n1Cc1c(C3=NCC(C)O3)ncn1-c1ccc(Cl)cc1-2. The second-order valence-corrected chi connectivity index (χ2v) is 7.04. The third-order valence-electron chi connectivity index (χ3n) is 4.74. The highest BCUT2D eigenvalue weighted by molar-refractivity contribution is 6.31. The lowest BCUT2D eigenvalue weighted by molar-refractivity contribution is 0.174. The maximum Gasteiger partial charge on any atom is 0.237 e. The molecule has 1 atom stereocenters. The summed E-state index contributed by atoms with van der Waals surface area (Å²) in [5.41, 5.74) is 3.53. The molecule has 0 saturated carbocycles. The molecule has 2 aromatic heterocycles. The highest BCUT2D eigenvalue weighted by atomic mass is 35.5. The molecular weight excluding hydrogens is 368 g/mol. The van der Waals surface area contributed by atoms with Crippen LogP contribution in [0.1, 0.15) is 24.1 Å². The quantitative estimate of drug-likeness (QED) is 0.542. The third kappa shape index (κ3) is 2.55. The fourth-order valence-corrected chi connectivity index (χ4v) is 3.67. The first-order chi connectivity index (χ1) is 13.2. The Morgan fingerprint density at radius 2 is 2.22 bits per heavy atom. The highest BCUT2D eigenvalue weighted by Crippen LogP contribution is 2.34. The van der Waals surface area contributed by atoms with E-state index in [1.165, 1.54) is 0 Å². The van der Waals surface area contributed by atoms with Crippen LogP contribution in [0.2, 0.25) is 5.02 Å². The van der Waals surface area contributed by atoms with Crippen LogP contribution in [0.5, 0.6) is 0 Å². The summed E-state index contributed by atoms with van der Waals surface area (Å²) in [6, 6.07) is 5.72. The van der Waals surface area contributed by atoms with Gasteiger partial charge in [0.05, 0.1) is 24.5 Å². The van der Waals surface area contributed by atoms with Gasteiger partial charge in [-0.05, 0) is 25.1 Å². The number of benzene rings is 1. The number of rotatable bonds is 3. The van der Waals surface area contributed by atoms with Gasteiger partial charge in [0.15, 0.2) is 11.6 Å². The van der Waals surface area contributed by atoms with Crippen molar-refractivity contribution in [3.63, 3.8) is 0 Å². The van der Waals surface area contributed by atoms with Crippen LogP contribution >= 0.6 is 11.6 Å². The first kappa shape index (κ1) is 16.5. The molecule has 1 unspecified atom stereocenters. The Morgan fingerprint density at radius 1 is 1.33 bits per heavy atom. The van der Waals surface area contributed by atoms with Gasteiger partial charge in [0.25, 0.3) is 0 Å². The van der Waals surface area contributed by atoms with Gasteiger partial charge in [0.2, 0.25) is 5.90 Å². The first-order valence-electron chi connectivity index (χ1n) is 8.64. The lowest BCUT2D eigenvalue weighted by Gasteiger charge is -2.10. The molecule has 0 spiro atoms. The number of imidazole rings is 1. The van der Waals surface area contributed by atoms with Gasteiger partial charge in [-0.3, -0.25) is 4.57 Å². The molecule has 1 aromatic carbocycles. The summed E-state index contributed by atoms with van der Waals surface area (Å²) in [5.74, 6) is 2.06. The molecule has 4 heterocycles. The van der Waals surface area contributed by atoms with Crippen LogP contribution in [0.4, 0.5) is 0 Å². The number of halogens is 1. The average Bonchev–Trinajstić information content (AvgIpc) is 3.34. The van der Waals surface area contributed by atoms with Crippen molar-refractivity contribution in [2.24, 2.45) is 4.99 Å². The standard InChI is InChI=1S/C18H17ClN6O2/c1-10-6-20-18(27-10)16-14-7-24-15(8-26-2)22-23-17(24)12-5-11(19)3-4-13(12)25(14)9-21-16/h3-5,9-10H,6-8H2,1-2H3. The van der Waals surface area contributed by atoms with Crippen LogP contribution in [0.25, 0.3) is 17.1 Å². The van der Waals surface area contributed by atoms with Crippen molar-refractivity contribution in [1.82, 2.24) is 24.3 Å². The molecule has 138 valence electrons. The molecule has 0 radical (unpaired) electrons. The second-order valence-electron chi connectivity index (χ2n) is 6.60. The summed E-state index contributed by atoms with van der Waals surface area (Å²) in [6.45, 7) is 3.53. The van der Waals surface area contributed by atoms with E-state index in [4.69, 9.17) is 21.1 Å². The molecule has 2 aliphatic heterocycles. The topological polar surface area (TPSA) is 79.3 Å². The zero-order chi connectivity index (χ0) is 18.5. The van der Waals surface area contributed by atoms with Crippen LogP contribution in [0.3, 0.4) is 0 Å². The van der Waals surface area contributed by atoms with E-state index in [1.807, 2.05) is 34.3 Å². The van der Waals surface area contributed by atoms with Crippen LogP contribution in [0, 0.1) is 0 Å². The first-order valence-corrected chi connectivity index (χ1v) is 9.02. The number of hydrogen-bond acceptors (Lipinski definition) is 6. The van der Waals surface area contributed by atoms with E-state index in [0.29, 0.717) is 30.6 Å². The molecule has 2 aliphatic rings. The van der Waals surface area contributed by atoms with Crippen molar-refractivity contribution in [2.75, 3.05) is 13.7 Å². The Bertz CT molecular complexity index is 1070. The Labute approximate surface area is 160 Å². The van der Waals surface area contributed by atoms with Crippen LogP contribution in [-0.2, 0) is 22.6 Å². The lowest BCUT2D eigenvalue weighted by Crippen LogP contribution is -2.14. The average molecular weight is 385 g/mol. The van der Waals surface area contributed by atoms with Gasteiger partial charge in [0.1, 0.15) is 24.7 Å². The Morgan fingerprint density at radius 3 is 3.00 bits per heavy atom. The minimum atomic E-state index is 0.0590. The lowest BCUT2D eigenvalue weighted by atomic mass is 10.1. The summed E-state index contributed by atoms with van der Waals surface area (Å²) in [4.78, 5) is 9.10. The van der Waals surface area contributed by atoms with E-state index in [0.717, 1.165) is 34.3 Å². The van der Waals surface area contributed by atoms with Crippen molar-refractivity contribution in [3.05, 3.63) is 46.8 Å². The number of nitrogens with zero attached hydrogens (tertiary/aromatic N) is 6. The minimum absolute atomic E-state index is 0.0590. The monoisotopic (exact) mass is 384 g/mol. The van der Waals surface area contributed by atoms with Crippen LogP contribution < -0.4 is 0 Å². The molecule has 8 nitrogen and oxygen atoms in total. The maximum atomic E-state index is 6.27. The van der Waals surface area contributed by atoms with Gasteiger partial charge in [-0.2, -0.15) is 0 Å². The van der Waals surface area contributed by atoms with Gasteiger partial charge < -0.3 is 14.0 Å². The smallest absolute Gasteiger partial charge is 0.237 e. The summed E-state index contributed by atoms with van der Waals surface area (Å²) in [6.07, 6.45) is 1.85. The summed E-state index contributed by atoms with van der Waals surface area (Å²) < 4.78 is 15.2. The molecule has 0 aliphatic carbocycles. The molecule has 0 saturated heterocycles. The number of hydrogen-bond donors (Lipinski definition) is 0. The maximum absolute atomic E-state index is 6.27. The number of aromatic nitrogens is 5. The van der Waals surface area contributed by atoms with Gasteiger partial charge in [0, 0.05) is 17.7 Å². The molecule has 0 fully saturated rings. The van der Waals surface area contributed by atoms with Gasteiger partial charge >= 0.3 is 0 Å². The minimum Gasteiger partial charge on any atom is -0.471 e. The van der Waals surface area contributed by atoms with Crippen molar-refractivity contribution >= 4 is 17.5 Å². The van der Waals surface area contributed by atoms with Crippen LogP contribution in [-0.4, -0.2) is 50.0 Å². The summed E-state index contributed by atoms with van der Waals surface area (Å²) >= 11 is 6.27. The number of methoxy groups -OCH3 is 1. The van der Waals surface area contributed by atoms with Gasteiger partial charge in [-0.15, -0.1) is 10.2 Å². The summed E-state index contributed by atoms with van der Waals surface area (Å²) in [5, 5.41) is 9.34. The molecule has 0 amide bonds. The highest BCUT2D eigenvalue weighted by Gasteiger charge is 2.29. The van der Waals surface area contributed by atoms with Gasteiger partial charge in [-0.25, -0.2) is 9.98 Å². The normalized spacial score (nSPS) is 17.6. The van der Waals surface area contributed by atoms with E-state index in [-0.39, 0.29) is 6.10 Å². The number of fused-ring (bicyclic) bond motifs is 5. The van der Waals surface area contributed by atoms with Crippen molar-refractivity contribution < 1.29 is 9.47 Å². The van der Waals surface area contributed by atoms with Gasteiger partial charge in [-0.1, -0.05) is 11.6 Å². The fraction of sp³-hybridized carbons (Fsp3) is 0.333. The molecule has 27 heavy (non-hydrogen) atoms. The van der Waals surface area contributed by atoms with Crippen LogP contribution in [0.15, 0.2) is 29.5 Å². The van der Waals surface area contributed by atoms with E-state index in [2.05, 4.69) is 20.2 Å². The molecule has 0 bridgehead atoms. The predicted octanol–water partition coefficient (Wildman–Crippen LogP) is 2.46. The summed E-state index contributed by atoms with van der Waals surface area (Å²) in [7, 11) is 1.64. The van der Waals surface area contributed by atoms with E-state index < -0.39 is 0 Å². The Hall–Kier alpha value is -2.71. The van der Waals surface area contributed by atoms with Crippen molar-refractivity contribution in [1.29, 1.82) is 0 Å². The molecule has 5 rings (SSSR count). The largest absolute Gasteiger partial charge is 0.471 e. The van der Waals surface area contributed by atoms with E-state index in [1.54, 1.807) is 13.4 Å². The third-order valence-corrected chi connectivity index (χ3v) is 4.98. The Balaban J connectivity index is 1.74. The fourth-order valence-electron chi connectivity index (χ4n) is 3.50. The zero-order valence-corrected chi connectivity index (χ0v) is 15.6. The van der Waals surface area contributed by atoms with E-state index in [9.17, 15) is 0 Å². The van der Waals surface area contributed by atoms with Crippen molar-refractivity contribution in [3.8, 4) is 17.1 Å².